The highest BCUT2D eigenvalue weighted by atomic mass is 35.5. The predicted octanol–water partition coefficient (Wildman–Crippen LogP) is 5.92. The average Bonchev–Trinajstić information content (AvgIpc) is 2.99. The number of benzene rings is 3. The largest absolute Gasteiger partial charge is 0.493 e. The van der Waals surface area contributed by atoms with E-state index in [0.29, 0.717) is 17.9 Å². The van der Waals surface area contributed by atoms with Gasteiger partial charge in [-0.1, -0.05) is 50.0 Å². The monoisotopic (exact) mass is 667 g/mol. The maximum atomic E-state index is 14.2. The van der Waals surface area contributed by atoms with Crippen LogP contribution in [-0.2, 0) is 26.2 Å². The standard InChI is InChI=1S/C31H36Cl2FN3O6S/c1-6-27(31(39)35-17-20(2)3)36(18-24-25(32)8-7-9-26(24)33)30(38)19-37(22-12-10-21(34)11-13-22)44(40,41)23-14-15-28(42-4)29(16-23)43-5/h7-16,20,27H,6,17-19H2,1-5H3,(H,35,39). The lowest BCUT2D eigenvalue weighted by Crippen LogP contribution is -2.52. The molecule has 0 saturated carbocycles. The molecule has 3 rings (SSSR count). The number of hydrogen-bond acceptors (Lipinski definition) is 6. The molecule has 0 radical (unpaired) electrons. The first kappa shape index (κ1) is 34.9. The molecule has 238 valence electrons. The Balaban J connectivity index is 2.12. The lowest BCUT2D eigenvalue weighted by atomic mass is 10.1. The van der Waals surface area contributed by atoms with E-state index in [1.54, 1.807) is 25.1 Å². The van der Waals surface area contributed by atoms with Crippen LogP contribution in [0.4, 0.5) is 10.1 Å². The van der Waals surface area contributed by atoms with Crippen LogP contribution in [0.2, 0.25) is 10.0 Å². The topological polar surface area (TPSA) is 105 Å². The molecule has 0 saturated heterocycles. The van der Waals surface area contributed by atoms with E-state index in [-0.39, 0.29) is 45.3 Å². The molecule has 3 aromatic rings. The number of nitrogens with zero attached hydrogens (tertiary/aromatic N) is 2. The minimum Gasteiger partial charge on any atom is -0.493 e. The molecule has 0 bridgehead atoms. The van der Waals surface area contributed by atoms with E-state index < -0.39 is 40.2 Å². The van der Waals surface area contributed by atoms with Gasteiger partial charge in [0.05, 0.1) is 24.8 Å². The van der Waals surface area contributed by atoms with Gasteiger partial charge in [-0.05, 0) is 60.9 Å². The van der Waals surface area contributed by atoms with Crippen molar-refractivity contribution in [1.82, 2.24) is 10.2 Å². The summed E-state index contributed by atoms with van der Waals surface area (Å²) >= 11 is 12.9. The summed E-state index contributed by atoms with van der Waals surface area (Å²) in [5, 5.41) is 3.41. The molecule has 44 heavy (non-hydrogen) atoms. The Bertz CT molecular complexity index is 1550. The van der Waals surface area contributed by atoms with Gasteiger partial charge in [0.2, 0.25) is 11.8 Å². The van der Waals surface area contributed by atoms with E-state index in [9.17, 15) is 22.4 Å². The molecule has 1 atom stereocenters. The summed E-state index contributed by atoms with van der Waals surface area (Å²) in [4.78, 5) is 28.6. The first-order valence-corrected chi connectivity index (χ1v) is 16.0. The lowest BCUT2D eigenvalue weighted by Gasteiger charge is -2.33. The van der Waals surface area contributed by atoms with Crippen LogP contribution in [-0.4, -0.2) is 58.5 Å². The number of carbonyl (C=O) groups excluding carboxylic acids is 2. The quantitative estimate of drug-likeness (QED) is 0.229. The smallest absolute Gasteiger partial charge is 0.264 e. The van der Waals surface area contributed by atoms with E-state index in [0.717, 1.165) is 16.4 Å². The zero-order valence-corrected chi connectivity index (χ0v) is 27.5. The zero-order valence-electron chi connectivity index (χ0n) is 25.1. The number of ether oxygens (including phenoxy) is 2. The van der Waals surface area contributed by atoms with Crippen LogP contribution in [0.5, 0.6) is 11.5 Å². The highest BCUT2D eigenvalue weighted by molar-refractivity contribution is 7.92. The van der Waals surface area contributed by atoms with Crippen molar-refractivity contribution in [2.24, 2.45) is 5.92 Å². The SMILES string of the molecule is CCC(C(=O)NCC(C)C)N(Cc1c(Cl)cccc1Cl)C(=O)CN(c1ccc(F)cc1)S(=O)(=O)c1ccc(OC)c(OC)c1. The van der Waals surface area contributed by atoms with Gasteiger partial charge in [0.1, 0.15) is 18.4 Å². The maximum Gasteiger partial charge on any atom is 0.264 e. The van der Waals surface area contributed by atoms with Crippen LogP contribution in [0, 0.1) is 11.7 Å². The van der Waals surface area contributed by atoms with Gasteiger partial charge in [-0.25, -0.2) is 12.8 Å². The summed E-state index contributed by atoms with van der Waals surface area (Å²) in [7, 11) is -1.66. The number of rotatable bonds is 14. The second-order valence-electron chi connectivity index (χ2n) is 10.3. The Hall–Kier alpha value is -3.54. The molecule has 0 aliphatic heterocycles. The van der Waals surface area contributed by atoms with Crippen molar-refractivity contribution in [2.45, 2.75) is 44.7 Å². The Morgan fingerprint density at radius 1 is 0.955 bits per heavy atom. The van der Waals surface area contributed by atoms with Gasteiger partial charge in [-0.2, -0.15) is 0 Å². The van der Waals surface area contributed by atoms with Gasteiger partial charge in [0.25, 0.3) is 10.0 Å². The first-order valence-electron chi connectivity index (χ1n) is 13.8. The molecule has 0 aliphatic rings. The molecule has 0 heterocycles. The third kappa shape index (κ3) is 8.34. The number of methoxy groups -OCH3 is 2. The van der Waals surface area contributed by atoms with Crippen LogP contribution < -0.4 is 19.1 Å². The molecule has 0 aliphatic carbocycles. The van der Waals surface area contributed by atoms with Crippen molar-refractivity contribution in [1.29, 1.82) is 0 Å². The normalized spacial score (nSPS) is 12.0. The zero-order chi connectivity index (χ0) is 32.6. The van der Waals surface area contributed by atoms with Crippen molar-refractivity contribution in [3.05, 3.63) is 82.1 Å². The van der Waals surface area contributed by atoms with E-state index in [1.807, 2.05) is 13.8 Å². The molecule has 0 fully saturated rings. The fourth-order valence-electron chi connectivity index (χ4n) is 4.44. The van der Waals surface area contributed by atoms with E-state index in [4.69, 9.17) is 32.7 Å². The van der Waals surface area contributed by atoms with Crippen LogP contribution in [0.3, 0.4) is 0 Å². The van der Waals surface area contributed by atoms with Gasteiger partial charge < -0.3 is 19.7 Å². The van der Waals surface area contributed by atoms with Gasteiger partial charge in [-0.3, -0.25) is 13.9 Å². The van der Waals surface area contributed by atoms with Crippen molar-refractivity contribution in [3.8, 4) is 11.5 Å². The molecule has 0 aromatic heterocycles. The van der Waals surface area contributed by atoms with Gasteiger partial charge in [0, 0.05) is 34.8 Å². The summed E-state index contributed by atoms with van der Waals surface area (Å²) in [6.45, 7) is 5.10. The summed E-state index contributed by atoms with van der Waals surface area (Å²) in [6.07, 6.45) is 0.219. The first-order chi connectivity index (χ1) is 20.8. The van der Waals surface area contributed by atoms with E-state index >= 15 is 0 Å². The van der Waals surface area contributed by atoms with Crippen molar-refractivity contribution >= 4 is 50.7 Å². The number of amides is 2. The van der Waals surface area contributed by atoms with Crippen LogP contribution in [0.25, 0.3) is 0 Å². The molecular formula is C31H36Cl2FN3O6S. The molecule has 1 unspecified atom stereocenters. The maximum absolute atomic E-state index is 14.2. The molecular weight excluding hydrogens is 632 g/mol. The molecule has 3 aromatic carbocycles. The number of anilines is 1. The van der Waals surface area contributed by atoms with Crippen LogP contribution in [0.1, 0.15) is 32.8 Å². The number of sulfonamides is 1. The summed E-state index contributed by atoms with van der Waals surface area (Å²) < 4.78 is 53.5. The highest BCUT2D eigenvalue weighted by Gasteiger charge is 2.34. The minimum absolute atomic E-state index is 0.0302. The predicted molar refractivity (Wildman–Crippen MR) is 169 cm³/mol. The highest BCUT2D eigenvalue weighted by Crippen LogP contribution is 2.33. The second-order valence-corrected chi connectivity index (χ2v) is 13.0. The lowest BCUT2D eigenvalue weighted by molar-refractivity contribution is -0.140. The van der Waals surface area contributed by atoms with Gasteiger partial charge in [-0.15, -0.1) is 0 Å². The summed E-state index contributed by atoms with van der Waals surface area (Å²) in [5.41, 5.74) is 0.429. The Kier molecular flexibility index (Phi) is 12.3. The minimum atomic E-state index is -4.44. The Labute approximate surface area is 267 Å². The second kappa shape index (κ2) is 15.5. The van der Waals surface area contributed by atoms with Crippen molar-refractivity contribution in [3.63, 3.8) is 0 Å². The van der Waals surface area contributed by atoms with Gasteiger partial charge >= 0.3 is 0 Å². The molecule has 9 nitrogen and oxygen atoms in total. The third-order valence-corrected chi connectivity index (χ3v) is 9.28. The Morgan fingerprint density at radius 3 is 2.11 bits per heavy atom. The summed E-state index contributed by atoms with van der Waals surface area (Å²) in [5.74, 6) is -1.10. The van der Waals surface area contributed by atoms with E-state index in [1.165, 1.54) is 49.5 Å². The molecule has 13 heteroatoms. The fourth-order valence-corrected chi connectivity index (χ4v) is 6.38. The Morgan fingerprint density at radius 2 is 1.57 bits per heavy atom. The van der Waals surface area contributed by atoms with E-state index in [2.05, 4.69) is 5.32 Å². The van der Waals surface area contributed by atoms with Crippen LogP contribution in [0.15, 0.2) is 65.6 Å². The summed E-state index contributed by atoms with van der Waals surface area (Å²) in [6, 6.07) is 12.6. The van der Waals surface area contributed by atoms with Crippen molar-refractivity contribution in [2.75, 3.05) is 31.6 Å². The number of halogens is 3. The average molecular weight is 669 g/mol. The molecule has 0 spiro atoms. The molecule has 1 N–H and O–H groups in total. The van der Waals surface area contributed by atoms with Gasteiger partial charge in [0.15, 0.2) is 11.5 Å². The number of nitrogens with one attached hydrogen (secondary N) is 1. The van der Waals surface area contributed by atoms with Crippen molar-refractivity contribution < 1.29 is 31.9 Å². The number of carbonyl (C=O) groups is 2. The fraction of sp³-hybridized carbons (Fsp3) is 0.355. The molecule has 2 amide bonds. The van der Waals surface area contributed by atoms with Crippen LogP contribution >= 0.6 is 23.2 Å². The number of hydrogen-bond donors (Lipinski definition) is 1. The third-order valence-electron chi connectivity index (χ3n) is 6.80.